The summed E-state index contributed by atoms with van der Waals surface area (Å²) in [7, 11) is 1.84. The molecule has 5 nitrogen and oxygen atoms in total. The molecule has 1 amide bonds. The number of aromatic nitrogens is 2. The summed E-state index contributed by atoms with van der Waals surface area (Å²) in [6, 6.07) is 0. The second-order valence-electron chi connectivity index (χ2n) is 4.98. The molecule has 2 rings (SSSR count). The third-order valence-electron chi connectivity index (χ3n) is 3.46. The second-order valence-corrected chi connectivity index (χ2v) is 4.98. The smallest absolute Gasteiger partial charge is 0.222 e. The fourth-order valence-corrected chi connectivity index (χ4v) is 2.34. The molecule has 0 radical (unpaired) electrons. The van der Waals surface area contributed by atoms with Gasteiger partial charge in [-0.15, -0.1) is 0 Å². The van der Waals surface area contributed by atoms with Crippen LogP contribution < -0.4 is 0 Å². The van der Waals surface area contributed by atoms with E-state index in [9.17, 15) is 4.79 Å². The summed E-state index contributed by atoms with van der Waals surface area (Å²) in [5.41, 5.74) is 1.03. The fraction of sp³-hybridized carbons (Fsp3) is 0.692. The Morgan fingerprint density at radius 1 is 1.61 bits per heavy atom. The monoisotopic (exact) mass is 251 g/mol. The maximum Gasteiger partial charge on any atom is 0.222 e. The van der Waals surface area contributed by atoms with Gasteiger partial charge in [0, 0.05) is 38.4 Å². The van der Waals surface area contributed by atoms with E-state index in [1.165, 1.54) is 0 Å². The molecule has 0 unspecified atom stereocenters. The van der Waals surface area contributed by atoms with Crippen molar-refractivity contribution in [1.82, 2.24) is 15.1 Å². The summed E-state index contributed by atoms with van der Waals surface area (Å²) in [5, 5.41) is 6.63. The number of rotatable bonds is 6. The molecule has 0 aromatic carbocycles. The Morgan fingerprint density at radius 2 is 2.39 bits per heavy atom. The molecule has 1 aliphatic rings. The molecule has 1 fully saturated rings. The molecule has 1 aromatic rings. The number of ether oxygens (including phenoxy) is 1. The lowest BCUT2D eigenvalue weighted by molar-refractivity contribution is -0.133. The topological polar surface area (TPSA) is 58.2 Å². The van der Waals surface area contributed by atoms with E-state index in [1.54, 1.807) is 11.1 Å². The van der Waals surface area contributed by atoms with Crippen LogP contribution >= 0.6 is 0 Å². The van der Waals surface area contributed by atoms with E-state index in [0.29, 0.717) is 25.0 Å². The predicted octanol–water partition coefficient (Wildman–Crippen LogP) is 1.57. The first-order chi connectivity index (χ1) is 8.69. The zero-order valence-corrected chi connectivity index (χ0v) is 11.1. The van der Waals surface area contributed by atoms with Crippen LogP contribution in [-0.4, -0.2) is 40.8 Å². The Hall–Kier alpha value is -1.36. The Balaban J connectivity index is 1.69. The normalized spacial score (nSPS) is 22.6. The minimum absolute atomic E-state index is 0.205. The van der Waals surface area contributed by atoms with Crippen molar-refractivity contribution in [1.29, 1.82) is 0 Å². The van der Waals surface area contributed by atoms with Crippen molar-refractivity contribution in [2.24, 2.45) is 5.92 Å². The van der Waals surface area contributed by atoms with Crippen LogP contribution in [0.25, 0.3) is 0 Å². The van der Waals surface area contributed by atoms with E-state index in [1.807, 2.05) is 20.2 Å². The first kappa shape index (κ1) is 13.1. The maximum absolute atomic E-state index is 12.0. The van der Waals surface area contributed by atoms with Gasteiger partial charge in [0.05, 0.1) is 12.3 Å². The molecule has 0 bridgehead atoms. The zero-order valence-electron chi connectivity index (χ0n) is 11.1. The summed E-state index contributed by atoms with van der Waals surface area (Å²) in [4.78, 5) is 13.8. The number of nitrogens with one attached hydrogen (secondary N) is 1. The van der Waals surface area contributed by atoms with E-state index < -0.39 is 0 Å². The standard InChI is InChI=1S/C13H21N3O2/c1-3-18-12-4-10(5-12)6-13(17)16(2)9-11-7-14-15-8-11/h7-8,10,12H,3-6,9H2,1-2H3,(H,14,15). The van der Waals surface area contributed by atoms with Crippen LogP contribution in [0, 0.1) is 5.92 Å². The van der Waals surface area contributed by atoms with Crippen molar-refractivity contribution in [2.75, 3.05) is 13.7 Å². The van der Waals surface area contributed by atoms with Gasteiger partial charge in [-0.3, -0.25) is 9.89 Å². The SMILES string of the molecule is CCOC1CC(CC(=O)N(C)Cc2cn[nH]c2)C1. The van der Waals surface area contributed by atoms with Crippen molar-refractivity contribution >= 4 is 5.91 Å². The van der Waals surface area contributed by atoms with Gasteiger partial charge >= 0.3 is 0 Å². The molecule has 0 spiro atoms. The number of amides is 1. The van der Waals surface area contributed by atoms with E-state index in [0.717, 1.165) is 25.0 Å². The molecule has 1 N–H and O–H groups in total. The molecule has 5 heteroatoms. The van der Waals surface area contributed by atoms with Gasteiger partial charge in [-0.25, -0.2) is 0 Å². The van der Waals surface area contributed by atoms with Crippen LogP contribution in [0.3, 0.4) is 0 Å². The van der Waals surface area contributed by atoms with Gasteiger partial charge in [0.25, 0.3) is 0 Å². The Labute approximate surface area is 108 Å². The summed E-state index contributed by atoms with van der Waals surface area (Å²) < 4.78 is 5.50. The van der Waals surface area contributed by atoms with Crippen LogP contribution in [-0.2, 0) is 16.1 Å². The van der Waals surface area contributed by atoms with Crippen molar-refractivity contribution < 1.29 is 9.53 Å². The number of nitrogens with zero attached hydrogens (tertiary/aromatic N) is 2. The van der Waals surface area contributed by atoms with Gasteiger partial charge in [-0.1, -0.05) is 0 Å². The van der Waals surface area contributed by atoms with Crippen molar-refractivity contribution in [3.63, 3.8) is 0 Å². The highest BCUT2D eigenvalue weighted by atomic mass is 16.5. The Kier molecular flexibility index (Phi) is 4.36. The molecular weight excluding hydrogens is 230 g/mol. The first-order valence-electron chi connectivity index (χ1n) is 6.52. The lowest BCUT2D eigenvalue weighted by Crippen LogP contribution is -2.36. The lowest BCUT2D eigenvalue weighted by atomic mass is 9.80. The average molecular weight is 251 g/mol. The molecular formula is C13H21N3O2. The van der Waals surface area contributed by atoms with Crippen LogP contribution in [0.1, 0.15) is 31.7 Å². The van der Waals surface area contributed by atoms with Gasteiger partial charge in [0.2, 0.25) is 5.91 Å². The van der Waals surface area contributed by atoms with Gasteiger partial charge < -0.3 is 9.64 Å². The summed E-state index contributed by atoms with van der Waals surface area (Å²) in [6.45, 7) is 3.40. The third kappa shape index (κ3) is 3.32. The van der Waals surface area contributed by atoms with E-state index in [2.05, 4.69) is 10.2 Å². The van der Waals surface area contributed by atoms with Crippen molar-refractivity contribution in [2.45, 2.75) is 38.8 Å². The Morgan fingerprint density at radius 3 is 3.00 bits per heavy atom. The molecule has 1 saturated carbocycles. The highest BCUT2D eigenvalue weighted by molar-refractivity contribution is 5.76. The maximum atomic E-state index is 12.0. The van der Waals surface area contributed by atoms with E-state index in [4.69, 9.17) is 4.74 Å². The quantitative estimate of drug-likeness (QED) is 0.835. The molecule has 0 atom stereocenters. The number of aromatic amines is 1. The predicted molar refractivity (Wildman–Crippen MR) is 67.8 cm³/mol. The number of H-pyrrole nitrogens is 1. The minimum Gasteiger partial charge on any atom is -0.378 e. The van der Waals surface area contributed by atoms with Gasteiger partial charge in [-0.2, -0.15) is 5.10 Å². The highest BCUT2D eigenvalue weighted by Crippen LogP contribution is 2.33. The number of carbonyl (C=O) groups excluding carboxylic acids is 1. The highest BCUT2D eigenvalue weighted by Gasteiger charge is 2.31. The summed E-state index contributed by atoms with van der Waals surface area (Å²) in [6.07, 6.45) is 6.64. The molecule has 0 aliphatic heterocycles. The van der Waals surface area contributed by atoms with Crippen molar-refractivity contribution in [3.8, 4) is 0 Å². The third-order valence-corrected chi connectivity index (χ3v) is 3.46. The average Bonchev–Trinajstić information content (AvgIpc) is 2.78. The van der Waals surface area contributed by atoms with Gasteiger partial charge in [0.15, 0.2) is 0 Å². The van der Waals surface area contributed by atoms with E-state index >= 15 is 0 Å². The zero-order chi connectivity index (χ0) is 13.0. The molecule has 0 saturated heterocycles. The van der Waals surface area contributed by atoms with E-state index in [-0.39, 0.29) is 5.91 Å². The van der Waals surface area contributed by atoms with Gasteiger partial charge in [0.1, 0.15) is 0 Å². The summed E-state index contributed by atoms with van der Waals surface area (Å²) >= 11 is 0. The number of carbonyl (C=O) groups is 1. The van der Waals surface area contributed by atoms with Crippen LogP contribution in [0.15, 0.2) is 12.4 Å². The first-order valence-corrected chi connectivity index (χ1v) is 6.52. The minimum atomic E-state index is 0.205. The molecule has 1 heterocycles. The molecule has 1 aliphatic carbocycles. The fourth-order valence-electron chi connectivity index (χ4n) is 2.34. The van der Waals surface area contributed by atoms with Crippen LogP contribution in [0.2, 0.25) is 0 Å². The molecule has 18 heavy (non-hydrogen) atoms. The molecule has 1 aromatic heterocycles. The van der Waals surface area contributed by atoms with Crippen LogP contribution in [0.5, 0.6) is 0 Å². The number of hydrogen-bond acceptors (Lipinski definition) is 3. The largest absolute Gasteiger partial charge is 0.378 e. The summed E-state index contributed by atoms with van der Waals surface area (Å²) in [5.74, 6) is 0.706. The Bertz CT molecular complexity index is 372. The second kappa shape index (κ2) is 6.00. The van der Waals surface area contributed by atoms with Crippen LogP contribution in [0.4, 0.5) is 0 Å². The lowest BCUT2D eigenvalue weighted by Gasteiger charge is -2.35. The van der Waals surface area contributed by atoms with Gasteiger partial charge in [-0.05, 0) is 25.7 Å². The van der Waals surface area contributed by atoms with Crippen molar-refractivity contribution in [3.05, 3.63) is 18.0 Å². The molecule has 100 valence electrons. The number of hydrogen-bond donors (Lipinski definition) is 1.